The quantitative estimate of drug-likeness (QED) is 0.905. The van der Waals surface area contributed by atoms with E-state index < -0.39 is 0 Å². The van der Waals surface area contributed by atoms with Gasteiger partial charge in [-0.3, -0.25) is 0 Å². The first kappa shape index (κ1) is 14.2. The van der Waals surface area contributed by atoms with Crippen molar-refractivity contribution < 1.29 is 14.2 Å². The van der Waals surface area contributed by atoms with Gasteiger partial charge < -0.3 is 14.7 Å². The average Bonchev–Trinajstić information content (AvgIpc) is 2.44. The Labute approximate surface area is 118 Å². The summed E-state index contributed by atoms with van der Waals surface area (Å²) in [5.41, 5.74) is 1.65. The van der Waals surface area contributed by atoms with Crippen LogP contribution in [0.3, 0.4) is 0 Å². The molecule has 2 aromatic carbocycles. The molecule has 0 aliphatic carbocycles. The average molecular weight is 275 g/mol. The minimum Gasteiger partial charge on any atom is -0.504 e. The van der Waals surface area contributed by atoms with Gasteiger partial charge in [0.25, 0.3) is 0 Å². The lowest BCUT2D eigenvalue weighted by Crippen LogP contribution is -2.16. The molecule has 0 unspecified atom stereocenters. The van der Waals surface area contributed by atoms with Crippen molar-refractivity contribution in [1.82, 2.24) is 0 Å². The number of hydrogen-bond donors (Lipinski definition) is 1. The van der Waals surface area contributed by atoms with Gasteiger partial charge in [-0.1, -0.05) is 12.1 Å². The van der Waals surface area contributed by atoms with E-state index in [-0.39, 0.29) is 11.6 Å². The molecule has 2 rings (SSSR count). The third kappa shape index (κ3) is 3.20. The van der Waals surface area contributed by atoms with E-state index in [9.17, 15) is 9.50 Å². The second kappa shape index (κ2) is 6.28. The highest BCUT2D eigenvalue weighted by molar-refractivity contribution is 5.50. The minimum atomic E-state index is -0.261. The van der Waals surface area contributed by atoms with Crippen LogP contribution >= 0.6 is 0 Å². The van der Waals surface area contributed by atoms with Crippen molar-refractivity contribution >= 4 is 5.69 Å². The summed E-state index contributed by atoms with van der Waals surface area (Å²) in [6.45, 7) is 2.89. The van der Waals surface area contributed by atoms with E-state index in [4.69, 9.17) is 4.74 Å². The van der Waals surface area contributed by atoms with Crippen molar-refractivity contribution in [1.29, 1.82) is 0 Å². The van der Waals surface area contributed by atoms with Crippen LogP contribution < -0.4 is 9.64 Å². The van der Waals surface area contributed by atoms with Crippen molar-refractivity contribution in [2.24, 2.45) is 0 Å². The van der Waals surface area contributed by atoms with Crippen LogP contribution in [0.15, 0.2) is 42.5 Å². The van der Waals surface area contributed by atoms with Crippen molar-refractivity contribution in [3.63, 3.8) is 0 Å². The molecule has 0 atom stereocenters. The molecule has 0 aliphatic heterocycles. The lowest BCUT2D eigenvalue weighted by molar-refractivity contribution is 0.316. The van der Waals surface area contributed by atoms with E-state index in [1.54, 1.807) is 18.2 Å². The molecule has 0 heterocycles. The van der Waals surface area contributed by atoms with E-state index in [2.05, 4.69) is 0 Å². The van der Waals surface area contributed by atoms with Crippen molar-refractivity contribution in [3.8, 4) is 11.5 Å². The fraction of sp³-hybridized carbons (Fsp3) is 0.250. The van der Waals surface area contributed by atoms with Crippen LogP contribution in [-0.4, -0.2) is 18.8 Å². The summed E-state index contributed by atoms with van der Waals surface area (Å²) in [5.74, 6) is 0.379. The van der Waals surface area contributed by atoms with Gasteiger partial charge in [0.15, 0.2) is 11.5 Å². The Kier molecular flexibility index (Phi) is 4.45. The Morgan fingerprint density at radius 3 is 2.50 bits per heavy atom. The molecule has 106 valence electrons. The van der Waals surface area contributed by atoms with Gasteiger partial charge in [-0.15, -0.1) is 0 Å². The maximum Gasteiger partial charge on any atom is 0.162 e. The summed E-state index contributed by atoms with van der Waals surface area (Å²) in [7, 11) is 1.89. The lowest BCUT2D eigenvalue weighted by atomic mass is 10.1. The van der Waals surface area contributed by atoms with Gasteiger partial charge >= 0.3 is 0 Å². The maximum absolute atomic E-state index is 12.9. The van der Waals surface area contributed by atoms with Crippen LogP contribution in [0.5, 0.6) is 11.5 Å². The van der Waals surface area contributed by atoms with Crippen LogP contribution in [-0.2, 0) is 6.54 Å². The van der Waals surface area contributed by atoms with Crippen molar-refractivity contribution in [2.75, 3.05) is 18.6 Å². The highest BCUT2D eigenvalue weighted by Gasteiger charge is 2.10. The van der Waals surface area contributed by atoms with Crippen LogP contribution in [0.1, 0.15) is 12.5 Å². The van der Waals surface area contributed by atoms with Gasteiger partial charge in [0.1, 0.15) is 5.82 Å². The first-order valence-corrected chi connectivity index (χ1v) is 6.52. The molecule has 3 nitrogen and oxygen atoms in total. The molecular formula is C16H18FNO2. The molecule has 1 N–H and O–H groups in total. The largest absolute Gasteiger partial charge is 0.504 e. The third-order valence-electron chi connectivity index (χ3n) is 3.06. The normalized spacial score (nSPS) is 10.3. The lowest BCUT2D eigenvalue weighted by Gasteiger charge is -2.20. The number of rotatable bonds is 5. The second-order valence-electron chi connectivity index (χ2n) is 4.53. The van der Waals surface area contributed by atoms with Gasteiger partial charge in [-0.25, -0.2) is 4.39 Å². The fourth-order valence-corrected chi connectivity index (χ4v) is 2.01. The minimum absolute atomic E-state index is 0.156. The maximum atomic E-state index is 12.9. The first-order chi connectivity index (χ1) is 9.61. The standard InChI is InChI=1S/C16H18FNO2/c1-3-20-15-6-4-5-12(16(15)19)11-18(2)14-9-7-13(17)8-10-14/h4-10,19H,3,11H2,1-2H3. The number of hydrogen-bond acceptors (Lipinski definition) is 3. The number of ether oxygens (including phenoxy) is 1. The third-order valence-corrected chi connectivity index (χ3v) is 3.06. The van der Waals surface area contributed by atoms with E-state index in [0.717, 1.165) is 11.3 Å². The summed E-state index contributed by atoms with van der Waals surface area (Å²) in [5, 5.41) is 10.1. The molecule has 0 bridgehead atoms. The number of phenols is 1. The second-order valence-corrected chi connectivity index (χ2v) is 4.53. The summed E-state index contributed by atoms with van der Waals surface area (Å²) >= 11 is 0. The number of phenolic OH excluding ortho intramolecular Hbond substituents is 1. The smallest absolute Gasteiger partial charge is 0.162 e. The van der Waals surface area contributed by atoms with Crippen LogP contribution in [0.2, 0.25) is 0 Å². The van der Waals surface area contributed by atoms with Gasteiger partial charge in [-0.05, 0) is 37.3 Å². The van der Waals surface area contributed by atoms with E-state index >= 15 is 0 Å². The monoisotopic (exact) mass is 275 g/mol. The molecule has 0 spiro atoms. The van der Waals surface area contributed by atoms with Gasteiger partial charge in [0.05, 0.1) is 6.61 Å². The van der Waals surface area contributed by atoms with Crippen LogP contribution in [0, 0.1) is 5.82 Å². The van der Waals surface area contributed by atoms with E-state index in [1.165, 1.54) is 12.1 Å². The predicted molar refractivity (Wildman–Crippen MR) is 77.8 cm³/mol. The molecule has 0 aliphatic rings. The highest BCUT2D eigenvalue weighted by Crippen LogP contribution is 2.31. The molecule has 0 saturated carbocycles. The van der Waals surface area contributed by atoms with Crippen molar-refractivity contribution in [2.45, 2.75) is 13.5 Å². The zero-order valence-corrected chi connectivity index (χ0v) is 11.6. The van der Waals surface area contributed by atoms with Gasteiger partial charge in [0, 0.05) is 24.8 Å². The summed E-state index contributed by atoms with van der Waals surface area (Å²) in [6.07, 6.45) is 0. The summed E-state index contributed by atoms with van der Waals surface area (Å²) < 4.78 is 18.3. The predicted octanol–water partition coefficient (Wildman–Crippen LogP) is 3.57. The first-order valence-electron chi connectivity index (χ1n) is 6.52. The topological polar surface area (TPSA) is 32.7 Å². The number of benzene rings is 2. The number of halogens is 1. The van der Waals surface area contributed by atoms with Crippen LogP contribution in [0.25, 0.3) is 0 Å². The summed E-state index contributed by atoms with van der Waals surface area (Å²) in [6, 6.07) is 11.7. The van der Waals surface area contributed by atoms with Crippen LogP contribution in [0.4, 0.5) is 10.1 Å². The molecule has 2 aromatic rings. The summed E-state index contributed by atoms with van der Waals surface area (Å²) in [4.78, 5) is 1.93. The molecule has 0 saturated heterocycles. The van der Waals surface area contributed by atoms with Gasteiger partial charge in [-0.2, -0.15) is 0 Å². The van der Waals surface area contributed by atoms with Gasteiger partial charge in [0.2, 0.25) is 0 Å². The Balaban J connectivity index is 2.17. The molecule has 20 heavy (non-hydrogen) atoms. The number of aromatic hydroxyl groups is 1. The Morgan fingerprint density at radius 1 is 1.15 bits per heavy atom. The molecule has 0 aromatic heterocycles. The number of anilines is 1. The van der Waals surface area contributed by atoms with Crippen molar-refractivity contribution in [3.05, 3.63) is 53.8 Å². The highest BCUT2D eigenvalue weighted by atomic mass is 19.1. The molecular weight excluding hydrogens is 257 g/mol. The Bertz CT molecular complexity index is 569. The number of nitrogens with zero attached hydrogens (tertiary/aromatic N) is 1. The number of para-hydroxylation sites is 1. The fourth-order valence-electron chi connectivity index (χ4n) is 2.01. The SMILES string of the molecule is CCOc1cccc(CN(C)c2ccc(F)cc2)c1O. The Hall–Kier alpha value is -2.23. The van der Waals surface area contributed by atoms with E-state index in [0.29, 0.717) is 18.9 Å². The Morgan fingerprint density at radius 2 is 1.85 bits per heavy atom. The molecule has 0 fully saturated rings. The zero-order valence-electron chi connectivity index (χ0n) is 11.6. The molecule has 0 radical (unpaired) electrons. The molecule has 0 amide bonds. The zero-order chi connectivity index (χ0) is 14.5. The van der Waals surface area contributed by atoms with E-state index in [1.807, 2.05) is 31.0 Å². The molecule has 4 heteroatoms.